The van der Waals surface area contributed by atoms with Crippen LogP contribution in [-0.4, -0.2) is 29.5 Å². The van der Waals surface area contributed by atoms with Crippen molar-refractivity contribution >= 4 is 34.7 Å². The van der Waals surface area contributed by atoms with E-state index in [1.165, 1.54) is 31.2 Å². The third kappa shape index (κ3) is 3.53. The van der Waals surface area contributed by atoms with Gasteiger partial charge in [0.25, 0.3) is 11.8 Å². The minimum absolute atomic E-state index is 0.0181. The minimum Gasteiger partial charge on any atom is -0.294 e. The molecule has 0 aromatic heterocycles. The lowest BCUT2D eigenvalue weighted by molar-refractivity contribution is -0.215. The molecule has 0 radical (unpaired) electrons. The summed E-state index contributed by atoms with van der Waals surface area (Å²) in [5, 5.41) is 4.95. The molecular formula is C27H23F4N3O3. The maximum absolute atomic E-state index is 15.4. The smallest absolute Gasteiger partial charge is 0.294 e. The summed E-state index contributed by atoms with van der Waals surface area (Å²) in [5.74, 6) is -6.09. The van der Waals surface area contributed by atoms with Crippen molar-refractivity contribution in [2.45, 2.75) is 39.8 Å². The van der Waals surface area contributed by atoms with Crippen LogP contribution in [0.2, 0.25) is 0 Å². The molecule has 3 aliphatic rings. The first-order valence-electron chi connectivity index (χ1n) is 11.7. The van der Waals surface area contributed by atoms with Gasteiger partial charge in [-0.05, 0) is 55.2 Å². The van der Waals surface area contributed by atoms with E-state index in [2.05, 4.69) is 5.10 Å². The predicted molar refractivity (Wildman–Crippen MR) is 128 cm³/mol. The minimum atomic E-state index is -5.32. The van der Waals surface area contributed by atoms with Crippen molar-refractivity contribution in [3.63, 3.8) is 0 Å². The molecule has 5 rings (SSSR count). The molecule has 1 aliphatic carbocycles. The summed E-state index contributed by atoms with van der Waals surface area (Å²) in [6.45, 7) is 4.70. The number of benzene rings is 2. The summed E-state index contributed by atoms with van der Waals surface area (Å²) in [7, 11) is 0. The molecule has 2 amide bonds. The van der Waals surface area contributed by atoms with E-state index in [9.17, 15) is 18.8 Å². The molecule has 0 spiro atoms. The highest BCUT2D eigenvalue weighted by molar-refractivity contribution is 6.25. The lowest BCUT2D eigenvalue weighted by atomic mass is 9.62. The Hall–Kier alpha value is -3.82. The Bertz CT molecular complexity index is 1380. The summed E-state index contributed by atoms with van der Waals surface area (Å²) in [4.78, 5) is 42.1. The molecule has 0 saturated heterocycles. The second-order valence-electron chi connectivity index (χ2n) is 10.3. The predicted octanol–water partition coefficient (Wildman–Crippen LogP) is 5.40. The number of allylic oxidation sites excluding steroid dienone is 1. The molecule has 6 nitrogen and oxygen atoms in total. The van der Waals surface area contributed by atoms with E-state index in [0.29, 0.717) is 0 Å². The normalized spacial score (nSPS) is 25.6. The fraction of sp³-hybridized carbons (Fsp3) is 0.333. The highest BCUT2D eigenvalue weighted by atomic mass is 19.4. The van der Waals surface area contributed by atoms with Crippen molar-refractivity contribution in [3.05, 3.63) is 71.7 Å². The van der Waals surface area contributed by atoms with Crippen LogP contribution < -0.4 is 9.91 Å². The summed E-state index contributed by atoms with van der Waals surface area (Å²) in [6, 6.07) is 12.3. The van der Waals surface area contributed by atoms with Crippen molar-refractivity contribution in [3.8, 4) is 0 Å². The summed E-state index contributed by atoms with van der Waals surface area (Å²) in [5.41, 5.74) is -5.07. The summed E-state index contributed by atoms with van der Waals surface area (Å²) < 4.78 is 59.8. The Balaban J connectivity index is 1.77. The molecule has 0 bridgehead atoms. The molecule has 10 heteroatoms. The van der Waals surface area contributed by atoms with Crippen LogP contribution in [-0.2, 0) is 14.4 Å². The van der Waals surface area contributed by atoms with Gasteiger partial charge in [-0.3, -0.25) is 19.3 Å². The first kappa shape index (κ1) is 24.9. The third-order valence-electron chi connectivity index (χ3n) is 7.15. The Morgan fingerprint density at radius 2 is 1.54 bits per heavy atom. The quantitative estimate of drug-likeness (QED) is 0.516. The molecule has 0 fully saturated rings. The lowest BCUT2D eigenvalue weighted by Gasteiger charge is -2.38. The summed E-state index contributed by atoms with van der Waals surface area (Å²) >= 11 is 0. The van der Waals surface area contributed by atoms with E-state index < -0.39 is 51.9 Å². The van der Waals surface area contributed by atoms with Crippen LogP contribution in [0.5, 0.6) is 0 Å². The van der Waals surface area contributed by atoms with Crippen molar-refractivity contribution in [1.29, 1.82) is 0 Å². The number of anilines is 2. The van der Waals surface area contributed by atoms with E-state index in [4.69, 9.17) is 0 Å². The molecule has 2 aromatic rings. The number of halogens is 4. The topological polar surface area (TPSA) is 70.1 Å². The molecule has 2 atom stereocenters. The zero-order valence-corrected chi connectivity index (χ0v) is 20.3. The maximum atomic E-state index is 15.4. The van der Waals surface area contributed by atoms with Crippen LogP contribution in [0.4, 0.5) is 28.9 Å². The summed E-state index contributed by atoms with van der Waals surface area (Å²) in [6.07, 6.45) is -5.57. The van der Waals surface area contributed by atoms with Gasteiger partial charge in [-0.2, -0.15) is 18.3 Å². The average Bonchev–Trinajstić information content (AvgIpc) is 3.24. The number of rotatable bonds is 3. The van der Waals surface area contributed by atoms with Gasteiger partial charge in [0.2, 0.25) is 0 Å². The number of hydrogen-bond acceptors (Lipinski definition) is 4. The Morgan fingerprint density at radius 3 is 2.14 bits per heavy atom. The van der Waals surface area contributed by atoms with Gasteiger partial charge in [-0.1, -0.05) is 32.0 Å². The van der Waals surface area contributed by atoms with Crippen LogP contribution >= 0.6 is 0 Å². The van der Waals surface area contributed by atoms with Crippen LogP contribution in [0.1, 0.15) is 33.6 Å². The molecular weight excluding hydrogens is 490 g/mol. The van der Waals surface area contributed by atoms with Crippen LogP contribution in [0, 0.1) is 22.6 Å². The third-order valence-corrected chi connectivity index (χ3v) is 7.15. The second-order valence-corrected chi connectivity index (χ2v) is 10.3. The monoisotopic (exact) mass is 513 g/mol. The van der Waals surface area contributed by atoms with Gasteiger partial charge in [-0.25, -0.2) is 9.40 Å². The van der Waals surface area contributed by atoms with Crippen molar-refractivity contribution in [1.82, 2.24) is 0 Å². The number of alkyl halides is 3. The van der Waals surface area contributed by atoms with Gasteiger partial charge < -0.3 is 0 Å². The second kappa shape index (κ2) is 8.09. The number of nitrogens with zero attached hydrogens (tertiary/aromatic N) is 3. The van der Waals surface area contributed by atoms with Crippen LogP contribution in [0.15, 0.2) is 71.0 Å². The Kier molecular flexibility index (Phi) is 5.44. The van der Waals surface area contributed by atoms with Crippen LogP contribution in [0.3, 0.4) is 0 Å². The van der Waals surface area contributed by atoms with Crippen molar-refractivity contribution in [2.24, 2.45) is 21.8 Å². The molecule has 2 heterocycles. The SMILES string of the molecule is CC1=NN(c2ccccc2)C(=O)C1C1(C(F)(F)F)C(=O)N(c2ccc(F)cc2)C2=C1C(=O)CC(C)(C)C2. The van der Waals surface area contributed by atoms with E-state index in [0.717, 1.165) is 22.0 Å². The van der Waals surface area contributed by atoms with Crippen molar-refractivity contribution in [2.75, 3.05) is 9.91 Å². The van der Waals surface area contributed by atoms with Gasteiger partial charge in [0.05, 0.1) is 11.4 Å². The largest absolute Gasteiger partial charge is 0.408 e. The van der Waals surface area contributed by atoms with Gasteiger partial charge >= 0.3 is 6.18 Å². The number of para-hydroxylation sites is 1. The molecule has 2 aromatic carbocycles. The number of amides is 2. The van der Waals surface area contributed by atoms with Crippen molar-refractivity contribution < 1.29 is 31.9 Å². The first-order valence-corrected chi connectivity index (χ1v) is 11.7. The maximum Gasteiger partial charge on any atom is 0.408 e. The average molecular weight is 513 g/mol. The number of ketones is 1. The zero-order chi connectivity index (χ0) is 26.9. The van der Waals surface area contributed by atoms with Crippen LogP contribution in [0.25, 0.3) is 0 Å². The fourth-order valence-electron chi connectivity index (χ4n) is 5.71. The number of Topliss-reactive ketones (excluding diaryl/α,β-unsaturated/α-hetero) is 1. The molecule has 2 aliphatic heterocycles. The fourth-order valence-corrected chi connectivity index (χ4v) is 5.71. The molecule has 0 saturated carbocycles. The zero-order valence-electron chi connectivity index (χ0n) is 20.3. The van der Waals surface area contributed by atoms with E-state index in [1.54, 1.807) is 32.0 Å². The van der Waals surface area contributed by atoms with Gasteiger partial charge in [0.1, 0.15) is 11.7 Å². The number of hydrogen-bond donors (Lipinski definition) is 0. The Labute approximate surface area is 210 Å². The molecule has 37 heavy (non-hydrogen) atoms. The van der Waals surface area contributed by atoms with Gasteiger partial charge in [0.15, 0.2) is 11.2 Å². The highest BCUT2D eigenvalue weighted by Gasteiger charge is 2.76. The number of hydrazone groups is 1. The van der Waals surface area contributed by atoms with Gasteiger partial charge in [0, 0.05) is 23.4 Å². The lowest BCUT2D eigenvalue weighted by Crippen LogP contribution is -2.58. The Morgan fingerprint density at radius 1 is 0.919 bits per heavy atom. The van der Waals surface area contributed by atoms with E-state index in [-0.39, 0.29) is 35.6 Å². The van der Waals surface area contributed by atoms with E-state index in [1.807, 2.05) is 0 Å². The molecule has 192 valence electrons. The van der Waals surface area contributed by atoms with Gasteiger partial charge in [-0.15, -0.1) is 0 Å². The molecule has 0 N–H and O–H groups in total. The first-order chi connectivity index (χ1) is 17.3. The highest BCUT2D eigenvalue weighted by Crippen LogP contribution is 2.62. The molecule has 2 unspecified atom stereocenters. The number of carbonyl (C=O) groups excluding carboxylic acids is 3. The number of carbonyl (C=O) groups is 3. The standard InChI is InChI=1S/C27H23F4N3O3/c1-15-21(23(36)34(32-15)18-7-5-4-6-8-18)26(27(29,30)31)22-19(13-25(2,3)14-20(22)35)33(24(26)37)17-11-9-16(28)10-12-17/h4-12,21H,13-14H2,1-3H3. The van der Waals surface area contributed by atoms with E-state index >= 15 is 13.2 Å².